The normalized spacial score (nSPS) is 18.6. The standard InChI is InChI=1S/C30H17N3O.C29H14N2O2.C29H14N2OS/c1-31-14-20-18-9-11-23-27-25(18)29-19(21(20)15-31)5-3-13-33(29)30(27)26-22(34-23)10-8-16-6-7-17-4-2-12-32(30)28(17)24(16)26;1-3-16-6-5-15-7-9-21-25-23(15)27(16)30(11-1)29(25)26-22(33-21)10-8-17-19-13-32-14-20(19)18-4-2-12-31(29)28(18)24(17)26;1-3-16-6-5-15-7-9-21-25-23(15)27(16)30(11-1)29(25)26-22(32-21)10-8-17-19-13-33-14-20(19)18-4-2-12-31(29)28(18)24(17)26/h2-15H,1H3;2*1-14H/q3*+2. The Balaban J connectivity index is 0.0000000834. The fourth-order valence-corrected chi connectivity index (χ4v) is 22.4. The minimum absolute atomic E-state index is 0.477. The summed E-state index contributed by atoms with van der Waals surface area (Å²) in [4.78, 5) is 0. The van der Waals surface area contributed by atoms with Crippen molar-refractivity contribution < 1.29 is 46.0 Å². The van der Waals surface area contributed by atoms with Crippen LogP contribution >= 0.6 is 11.3 Å². The van der Waals surface area contributed by atoms with Gasteiger partial charge in [-0.1, -0.05) is 42.5 Å². The summed E-state index contributed by atoms with van der Waals surface area (Å²) in [7, 11) is 2.11. The summed E-state index contributed by atoms with van der Waals surface area (Å²) in [5.74, 6) is 5.71. The van der Waals surface area contributed by atoms with Gasteiger partial charge < -0.3 is 18.6 Å². The smallest absolute Gasteiger partial charge is 0.425 e. The third-order valence-electron chi connectivity index (χ3n) is 24.8. The van der Waals surface area contributed by atoms with Crippen molar-refractivity contribution in [3.05, 3.63) is 288 Å². The second kappa shape index (κ2) is 15.7. The highest BCUT2D eigenvalue weighted by Crippen LogP contribution is 2.63. The molecule has 9 aliphatic rings. The molecule has 0 N–H and O–H groups in total. The Morgan fingerprint density at radius 1 is 0.310 bits per heavy atom. The molecule has 11 nitrogen and oxygen atoms in total. The third kappa shape index (κ3) is 4.86. The highest BCUT2D eigenvalue weighted by atomic mass is 32.1. The van der Waals surface area contributed by atoms with E-state index in [9.17, 15) is 0 Å². The van der Waals surface area contributed by atoms with Gasteiger partial charge in [-0.3, -0.25) is 4.57 Å². The van der Waals surface area contributed by atoms with Gasteiger partial charge in [0.25, 0.3) is 0 Å². The molecular formula is C88H45N7O4S+6. The Hall–Kier alpha value is -12.9. The summed E-state index contributed by atoms with van der Waals surface area (Å²) in [6.07, 6.45) is 21.8. The molecule has 9 aliphatic heterocycles. The summed E-state index contributed by atoms with van der Waals surface area (Å²) in [5.41, 5.74) is 13.8. The molecule has 18 heterocycles. The molecule has 0 radical (unpaired) electrons. The van der Waals surface area contributed by atoms with Gasteiger partial charge in [0.15, 0.2) is 65.6 Å². The van der Waals surface area contributed by atoms with Gasteiger partial charge in [-0.2, -0.15) is 15.9 Å². The molecule has 0 aliphatic carbocycles. The van der Waals surface area contributed by atoms with Crippen molar-refractivity contribution in [2.24, 2.45) is 7.05 Å². The van der Waals surface area contributed by atoms with Gasteiger partial charge in [0.05, 0.1) is 66.5 Å². The molecule has 3 spiro atoms. The second-order valence-corrected chi connectivity index (χ2v) is 29.5. The number of aryl methyl sites for hydroxylation is 1. The maximum absolute atomic E-state index is 6.69. The lowest BCUT2D eigenvalue weighted by Crippen LogP contribution is -2.72. The van der Waals surface area contributed by atoms with Crippen LogP contribution in [0.5, 0.6) is 34.5 Å². The number of ether oxygens (including phenoxy) is 3. The fraction of sp³-hybridized carbons (Fsp3) is 0.0455. The summed E-state index contributed by atoms with van der Waals surface area (Å²) >= 11 is 1.78. The Morgan fingerprint density at radius 3 is 1.25 bits per heavy atom. The maximum Gasteiger partial charge on any atom is 0.425 e. The Kier molecular flexibility index (Phi) is 7.80. The van der Waals surface area contributed by atoms with Gasteiger partial charge >= 0.3 is 17.0 Å². The van der Waals surface area contributed by atoms with Crippen LogP contribution < -0.4 is 41.6 Å². The van der Waals surface area contributed by atoms with Crippen LogP contribution in [-0.4, -0.2) is 4.57 Å². The number of hydrogen-bond acceptors (Lipinski definition) is 5. The fourth-order valence-electron chi connectivity index (χ4n) is 21.6. The Bertz CT molecular complexity index is 7580. The van der Waals surface area contributed by atoms with Crippen LogP contribution in [-0.2, 0) is 24.0 Å². The van der Waals surface area contributed by atoms with Crippen LogP contribution in [0.2, 0.25) is 0 Å². The molecule has 3 unspecified atom stereocenters. The summed E-state index contributed by atoms with van der Waals surface area (Å²) < 4.78 is 42.9. The monoisotopic (exact) mass is 1300 g/mol. The molecule has 100 heavy (non-hydrogen) atoms. The van der Waals surface area contributed by atoms with E-state index in [0.717, 1.165) is 45.3 Å². The van der Waals surface area contributed by atoms with Crippen molar-refractivity contribution in [2.75, 3.05) is 0 Å². The average Bonchev–Trinajstić information content (AvgIpc) is 1.49. The highest BCUT2D eigenvalue weighted by Gasteiger charge is 2.71. The highest BCUT2D eigenvalue weighted by molar-refractivity contribution is 7.09. The molecule has 21 aromatic rings. The zero-order chi connectivity index (χ0) is 64.0. The predicted octanol–water partition coefficient (Wildman–Crippen LogP) is 17.2. The van der Waals surface area contributed by atoms with Crippen molar-refractivity contribution in [1.29, 1.82) is 0 Å². The van der Waals surface area contributed by atoms with Crippen molar-refractivity contribution in [1.82, 2.24) is 4.57 Å². The zero-order valence-corrected chi connectivity index (χ0v) is 53.7. The lowest BCUT2D eigenvalue weighted by Gasteiger charge is -2.32. The Morgan fingerprint density at radius 2 is 0.690 bits per heavy atom. The largest absolute Gasteiger partial charge is 0.471 e. The van der Waals surface area contributed by atoms with E-state index in [1.165, 1.54) is 185 Å². The van der Waals surface area contributed by atoms with Gasteiger partial charge in [0.2, 0.25) is 27.6 Å². The SMILES string of the molecule is C[n+]1cc2c(c1)c1cccn3c1c1c4c(ccc21)Oc1ccc2ccc5ccc[n+]6c5c2c1C436.c1cc2ccc3ccc4c5c3c2[n+](c1)C51c2c(ccc3c5cocc5c5ccc[n+]1c5c23)O4.c1cc2ccc3ccc4c5c3c2[n+](c1)C51c2c(ccc3c5cscc5c5ccc[n+]1c5c23)O4. The Labute approximate surface area is 567 Å². The number of thiophene rings is 1. The second-order valence-electron chi connectivity index (χ2n) is 28.7. The van der Waals surface area contributed by atoms with Crippen LogP contribution in [0, 0.1) is 0 Å². The van der Waals surface area contributed by atoms with E-state index in [1.54, 1.807) is 11.3 Å². The molecule has 30 rings (SSSR count). The summed E-state index contributed by atoms with van der Waals surface area (Å²) in [6, 6.07) is 66.3. The number of pyridine rings is 6. The number of aromatic nitrogens is 7. The van der Waals surface area contributed by atoms with Gasteiger partial charge in [-0.15, -0.1) is 18.3 Å². The minimum atomic E-state index is -0.511. The van der Waals surface area contributed by atoms with Crippen molar-refractivity contribution in [3.63, 3.8) is 0 Å². The van der Waals surface area contributed by atoms with Crippen LogP contribution in [0.1, 0.15) is 33.4 Å². The summed E-state index contributed by atoms with van der Waals surface area (Å²) in [6.45, 7) is 0. The van der Waals surface area contributed by atoms with Crippen LogP contribution in [0.25, 0.3) is 162 Å². The number of fused-ring (bicyclic) bond motifs is 9. The van der Waals surface area contributed by atoms with Crippen molar-refractivity contribution in [3.8, 4) is 34.5 Å². The predicted molar refractivity (Wildman–Crippen MR) is 386 cm³/mol. The number of hydrogen-bond donors (Lipinski definition) is 0. The molecule has 3 atom stereocenters. The van der Waals surface area contributed by atoms with E-state index in [2.05, 4.69) is 281 Å². The zero-order valence-electron chi connectivity index (χ0n) is 52.9. The van der Waals surface area contributed by atoms with Gasteiger partial charge in [0, 0.05) is 90.4 Å². The number of benzene rings is 12. The quantitative estimate of drug-likeness (QED) is 0.112. The van der Waals surface area contributed by atoms with Gasteiger partial charge in [-0.05, 0) is 147 Å². The van der Waals surface area contributed by atoms with Crippen LogP contribution in [0.15, 0.2) is 259 Å². The molecular weight excluding hydrogens is 1250 g/mol. The topological polar surface area (TPSA) is 69.0 Å². The molecule has 0 saturated carbocycles. The van der Waals surface area contributed by atoms with Crippen molar-refractivity contribution >= 4 is 174 Å². The minimum Gasteiger partial charge on any atom is -0.471 e. The number of nitrogens with zero attached hydrogens (tertiary/aromatic N) is 7. The van der Waals surface area contributed by atoms with Crippen molar-refractivity contribution in [2.45, 2.75) is 17.0 Å². The van der Waals surface area contributed by atoms with Crippen LogP contribution in [0.3, 0.4) is 0 Å². The lowest BCUT2D eigenvalue weighted by molar-refractivity contribution is -0.945. The van der Waals surface area contributed by atoms with Gasteiger partial charge in [-0.25, -0.2) is 4.57 Å². The van der Waals surface area contributed by atoms with Gasteiger partial charge in [0.1, 0.15) is 52.7 Å². The molecule has 0 fully saturated rings. The van der Waals surface area contributed by atoms with E-state index >= 15 is 0 Å². The molecule has 0 bridgehead atoms. The summed E-state index contributed by atoms with van der Waals surface area (Å²) in [5, 5.41) is 35.2. The molecule has 0 saturated heterocycles. The third-order valence-corrected chi connectivity index (χ3v) is 25.5. The first-order chi connectivity index (χ1) is 49.5. The molecule has 12 aromatic carbocycles. The van der Waals surface area contributed by atoms with E-state index < -0.39 is 17.0 Å². The van der Waals surface area contributed by atoms with E-state index in [4.69, 9.17) is 18.6 Å². The first kappa shape index (κ1) is 49.6. The molecule has 456 valence electrons. The van der Waals surface area contributed by atoms with E-state index in [0.29, 0.717) is 0 Å². The first-order valence-electron chi connectivity index (χ1n) is 34.3. The average molecular weight is 1300 g/mol. The lowest BCUT2D eigenvalue weighted by atomic mass is 9.85. The number of furan rings is 1. The first-order valence-corrected chi connectivity index (χ1v) is 35.2. The number of rotatable bonds is 0. The van der Waals surface area contributed by atoms with Crippen LogP contribution in [0.4, 0.5) is 0 Å². The maximum atomic E-state index is 6.69. The van der Waals surface area contributed by atoms with E-state index in [1.807, 2.05) is 12.5 Å². The molecule has 9 aromatic heterocycles. The molecule has 0 amide bonds. The molecule has 12 heteroatoms. The van der Waals surface area contributed by atoms with E-state index in [-0.39, 0.29) is 0 Å².